The summed E-state index contributed by atoms with van der Waals surface area (Å²) in [6.07, 6.45) is 125. The summed E-state index contributed by atoms with van der Waals surface area (Å²) in [7, 11) is 0. The molecule has 1 unspecified atom stereocenters. The molecule has 0 aromatic carbocycles. The summed E-state index contributed by atoms with van der Waals surface area (Å²) in [4.78, 5) is 24.6. The SMILES string of the molecule is CC/C=C\C/C=C\C/C=C\C/C=C\C/C=C\C/C=C\C/C=C\C/C=C\C/C=C\C/C=C\C/C=C\C/C=C\CCCCCCC(=O)OC(CO)COC(=O)CCCCCCC/C=C\C/C=C\C/C=C\C/C=C\C/C=C\C/C=C\C/C=C\C/C=C\C/C=C\CC. The number of allylic oxidation sites excluding steroid dienone is 42. The van der Waals surface area contributed by atoms with Gasteiger partial charge in [-0.25, -0.2) is 0 Å². The second kappa shape index (κ2) is 74.7. The van der Waals surface area contributed by atoms with Crippen LogP contribution in [0.3, 0.4) is 0 Å². The van der Waals surface area contributed by atoms with Crippen LogP contribution in [-0.4, -0.2) is 36.4 Å². The van der Waals surface area contributed by atoms with Crippen molar-refractivity contribution < 1.29 is 24.2 Å². The van der Waals surface area contributed by atoms with Crippen molar-refractivity contribution in [2.45, 2.75) is 238 Å². The molecule has 0 aromatic rings. The molecule has 0 saturated carbocycles. The standard InChI is InChI=1S/C83H122O5/c1-3-5-7-9-11-13-15-17-19-21-23-25-27-29-31-33-35-37-38-39-40-41-42-43-44-46-48-50-52-54-56-58-60-62-64-66-68-70-72-74-76-78-83(86)88-81(79-84)80-87-82(85)77-75-73-71-69-67-65-63-61-59-57-55-53-51-49-47-45-36-34-32-30-28-26-24-22-20-18-16-14-12-10-8-6-4-2/h5-8,11-14,17-20,23-26,29-32,35-37,39-40,42-43,45-46,48-49,51-52,54-55,57-58,60-61,63-64,66,81,84H,3-4,9-10,15-16,21-22,27-28,33-34,38,41,44,47,50,53,56,59,62,65,67-80H2,1-2H3/b7-5-,8-6-,13-11-,14-12-,19-17-,20-18-,25-23-,26-24-,31-29-,32-30-,37-35-,40-39-,43-42-,45-36-,48-46-,51-49-,54-52-,57-55-,60-58-,63-61-,66-64-. The van der Waals surface area contributed by atoms with Gasteiger partial charge in [-0.2, -0.15) is 0 Å². The number of aliphatic hydroxyl groups excluding tert-OH is 1. The van der Waals surface area contributed by atoms with Crippen LogP contribution in [0.2, 0.25) is 0 Å². The maximum Gasteiger partial charge on any atom is 0.306 e. The monoisotopic (exact) mass is 1200 g/mol. The van der Waals surface area contributed by atoms with Gasteiger partial charge in [0.2, 0.25) is 0 Å². The first-order valence-electron chi connectivity index (χ1n) is 34.2. The molecule has 88 heavy (non-hydrogen) atoms. The van der Waals surface area contributed by atoms with E-state index in [1.807, 2.05) is 0 Å². The summed E-state index contributed by atoms with van der Waals surface area (Å²) in [5.74, 6) is -0.664. The molecule has 0 aliphatic carbocycles. The Kier molecular flexibility index (Phi) is 69.1. The van der Waals surface area contributed by atoms with E-state index in [4.69, 9.17) is 9.47 Å². The molecule has 0 saturated heterocycles. The van der Waals surface area contributed by atoms with E-state index in [0.29, 0.717) is 12.8 Å². The van der Waals surface area contributed by atoms with Crippen molar-refractivity contribution in [2.24, 2.45) is 0 Å². The minimum absolute atomic E-state index is 0.105. The van der Waals surface area contributed by atoms with Crippen LogP contribution in [0.4, 0.5) is 0 Å². The third kappa shape index (κ3) is 71.9. The first-order chi connectivity index (χ1) is 43.6. The number of hydrogen-bond acceptors (Lipinski definition) is 5. The highest BCUT2D eigenvalue weighted by Crippen LogP contribution is 2.12. The van der Waals surface area contributed by atoms with E-state index in [-0.39, 0.29) is 25.2 Å². The summed E-state index contributed by atoms with van der Waals surface area (Å²) in [5, 5.41) is 9.69. The molecule has 484 valence electrons. The highest BCUT2D eigenvalue weighted by atomic mass is 16.6. The minimum Gasteiger partial charge on any atom is -0.462 e. The summed E-state index contributed by atoms with van der Waals surface area (Å²) in [6, 6.07) is 0. The lowest BCUT2D eigenvalue weighted by Crippen LogP contribution is -2.28. The van der Waals surface area contributed by atoms with Crippen molar-refractivity contribution in [3.8, 4) is 0 Å². The van der Waals surface area contributed by atoms with Crippen LogP contribution >= 0.6 is 0 Å². The molecule has 0 aliphatic heterocycles. The van der Waals surface area contributed by atoms with Crippen molar-refractivity contribution in [2.75, 3.05) is 13.2 Å². The quantitative estimate of drug-likeness (QED) is 0.0373. The van der Waals surface area contributed by atoms with Crippen LogP contribution in [0.5, 0.6) is 0 Å². The molecular formula is C83H122O5. The van der Waals surface area contributed by atoms with Crippen molar-refractivity contribution in [3.05, 3.63) is 255 Å². The third-order valence-corrected chi connectivity index (χ3v) is 13.3. The van der Waals surface area contributed by atoms with Gasteiger partial charge in [0.25, 0.3) is 0 Å². The van der Waals surface area contributed by atoms with E-state index >= 15 is 0 Å². The summed E-state index contributed by atoms with van der Waals surface area (Å²) in [5.41, 5.74) is 0. The van der Waals surface area contributed by atoms with E-state index in [1.54, 1.807) is 0 Å². The molecule has 0 fully saturated rings. The van der Waals surface area contributed by atoms with Gasteiger partial charge in [-0.1, -0.05) is 301 Å². The number of carbonyl (C=O) groups is 2. The molecule has 0 radical (unpaired) electrons. The van der Waals surface area contributed by atoms with Gasteiger partial charge in [0.1, 0.15) is 6.61 Å². The zero-order valence-corrected chi connectivity index (χ0v) is 55.4. The maximum absolute atomic E-state index is 12.4. The average Bonchev–Trinajstić information content (AvgIpc) is 3.56. The molecule has 0 bridgehead atoms. The Labute approximate surface area is 540 Å². The van der Waals surface area contributed by atoms with E-state index in [1.165, 1.54) is 0 Å². The molecule has 1 N–H and O–H groups in total. The fourth-order valence-corrected chi connectivity index (χ4v) is 8.29. The fraction of sp³-hybridized carbons (Fsp3) is 0.470. The summed E-state index contributed by atoms with van der Waals surface area (Å²) < 4.78 is 10.7. The number of ether oxygens (including phenoxy) is 2. The van der Waals surface area contributed by atoms with Crippen molar-refractivity contribution in [1.82, 2.24) is 0 Å². The van der Waals surface area contributed by atoms with Crippen LogP contribution in [0, 0.1) is 0 Å². The Morgan fingerprint density at radius 1 is 0.261 bits per heavy atom. The lowest BCUT2D eigenvalue weighted by atomic mass is 10.1. The van der Waals surface area contributed by atoms with Crippen LogP contribution in [-0.2, 0) is 19.1 Å². The van der Waals surface area contributed by atoms with Crippen molar-refractivity contribution >= 4 is 11.9 Å². The highest BCUT2D eigenvalue weighted by Gasteiger charge is 2.16. The smallest absolute Gasteiger partial charge is 0.306 e. The zero-order valence-electron chi connectivity index (χ0n) is 55.4. The Morgan fingerprint density at radius 3 is 0.682 bits per heavy atom. The maximum atomic E-state index is 12.4. The van der Waals surface area contributed by atoms with Crippen molar-refractivity contribution in [3.63, 3.8) is 0 Å². The second-order valence-electron chi connectivity index (χ2n) is 21.4. The van der Waals surface area contributed by atoms with E-state index in [9.17, 15) is 14.7 Å². The van der Waals surface area contributed by atoms with Crippen LogP contribution < -0.4 is 0 Å². The zero-order chi connectivity index (χ0) is 63.3. The molecule has 0 heterocycles. The first-order valence-corrected chi connectivity index (χ1v) is 34.2. The molecule has 5 nitrogen and oxygen atoms in total. The Hall–Kier alpha value is -6.56. The van der Waals surface area contributed by atoms with Crippen LogP contribution in [0.15, 0.2) is 255 Å². The molecule has 0 rings (SSSR count). The molecule has 1 atom stereocenters. The lowest BCUT2D eigenvalue weighted by Gasteiger charge is -2.15. The summed E-state index contributed by atoms with van der Waals surface area (Å²) in [6.45, 7) is 3.85. The van der Waals surface area contributed by atoms with Gasteiger partial charge in [-0.15, -0.1) is 0 Å². The Morgan fingerprint density at radius 2 is 0.455 bits per heavy atom. The first kappa shape index (κ1) is 81.4. The van der Waals surface area contributed by atoms with Gasteiger partial charge in [0.05, 0.1) is 6.61 Å². The minimum atomic E-state index is -0.817. The topological polar surface area (TPSA) is 72.8 Å². The second-order valence-corrected chi connectivity index (χ2v) is 21.4. The number of aliphatic hydroxyl groups is 1. The van der Waals surface area contributed by atoms with Crippen LogP contribution in [0.1, 0.15) is 232 Å². The molecule has 0 spiro atoms. The predicted molar refractivity (Wildman–Crippen MR) is 388 cm³/mol. The van der Waals surface area contributed by atoms with Gasteiger partial charge in [-0.3, -0.25) is 9.59 Å². The Balaban J connectivity index is 3.72. The molecule has 0 aromatic heterocycles. The number of carbonyl (C=O) groups excluding carboxylic acids is 2. The van der Waals surface area contributed by atoms with Gasteiger partial charge >= 0.3 is 11.9 Å². The van der Waals surface area contributed by atoms with Gasteiger partial charge < -0.3 is 14.6 Å². The molecule has 0 aliphatic rings. The molecule has 0 amide bonds. The number of hydrogen-bond donors (Lipinski definition) is 1. The van der Waals surface area contributed by atoms with E-state index < -0.39 is 6.10 Å². The van der Waals surface area contributed by atoms with Gasteiger partial charge in [0.15, 0.2) is 6.10 Å². The highest BCUT2D eigenvalue weighted by molar-refractivity contribution is 5.70. The molecular weight excluding hydrogens is 1080 g/mol. The van der Waals surface area contributed by atoms with Gasteiger partial charge in [-0.05, 0) is 173 Å². The number of unbranched alkanes of at least 4 members (excludes halogenated alkanes) is 9. The molecule has 5 heteroatoms. The number of rotatable bonds is 59. The Bertz CT molecular complexity index is 2240. The van der Waals surface area contributed by atoms with Gasteiger partial charge in [0, 0.05) is 12.8 Å². The summed E-state index contributed by atoms with van der Waals surface area (Å²) >= 11 is 0. The lowest BCUT2D eigenvalue weighted by molar-refractivity contribution is -0.161. The third-order valence-electron chi connectivity index (χ3n) is 13.3. The fourth-order valence-electron chi connectivity index (χ4n) is 8.29. The largest absolute Gasteiger partial charge is 0.462 e. The van der Waals surface area contributed by atoms with E-state index in [0.717, 1.165) is 205 Å². The van der Waals surface area contributed by atoms with Crippen LogP contribution in [0.25, 0.3) is 0 Å². The number of esters is 2. The van der Waals surface area contributed by atoms with Crippen molar-refractivity contribution in [1.29, 1.82) is 0 Å². The average molecular weight is 1200 g/mol. The predicted octanol–water partition coefficient (Wildman–Crippen LogP) is 24.4. The normalized spacial score (nSPS) is 13.9. The van der Waals surface area contributed by atoms with E-state index in [2.05, 4.69) is 269 Å².